The number of amides is 1. The molecule has 0 aliphatic carbocycles. The van der Waals surface area contributed by atoms with Crippen molar-refractivity contribution in [1.82, 2.24) is 10.2 Å². The van der Waals surface area contributed by atoms with Gasteiger partial charge in [-0.2, -0.15) is 5.26 Å². The predicted octanol–water partition coefficient (Wildman–Crippen LogP) is 0.993. The van der Waals surface area contributed by atoms with Gasteiger partial charge in [0.15, 0.2) is 0 Å². The van der Waals surface area contributed by atoms with Crippen LogP contribution in [-0.4, -0.2) is 37.0 Å². The molecular weight excluding hydrogens is 202 g/mol. The van der Waals surface area contributed by atoms with Crippen molar-refractivity contribution in [2.24, 2.45) is 11.8 Å². The fraction of sp³-hybridized carbons (Fsp3) is 0.833. The molecule has 2 unspecified atom stereocenters. The number of likely N-dealkylation sites (N-methyl/N-ethyl adjacent to an activating group) is 1. The molecule has 0 aromatic rings. The second-order valence-electron chi connectivity index (χ2n) is 4.96. The first kappa shape index (κ1) is 13.0. The van der Waals surface area contributed by atoms with Crippen LogP contribution in [-0.2, 0) is 4.79 Å². The summed E-state index contributed by atoms with van der Waals surface area (Å²) in [6, 6.07) is 2.29. The van der Waals surface area contributed by atoms with Gasteiger partial charge in [0.1, 0.15) is 5.92 Å². The van der Waals surface area contributed by atoms with E-state index in [1.807, 2.05) is 13.8 Å². The highest BCUT2D eigenvalue weighted by Gasteiger charge is 2.25. The Kier molecular flexibility index (Phi) is 4.75. The Morgan fingerprint density at radius 1 is 1.56 bits per heavy atom. The van der Waals surface area contributed by atoms with Gasteiger partial charge < -0.3 is 10.2 Å². The fourth-order valence-electron chi connectivity index (χ4n) is 2.09. The molecule has 1 N–H and O–H groups in total. The fourth-order valence-corrected chi connectivity index (χ4v) is 2.09. The number of hydrogen-bond donors (Lipinski definition) is 1. The molecule has 1 aliphatic heterocycles. The van der Waals surface area contributed by atoms with Gasteiger partial charge in [-0.15, -0.1) is 0 Å². The molecule has 0 bridgehead atoms. The van der Waals surface area contributed by atoms with Gasteiger partial charge in [0.2, 0.25) is 5.91 Å². The molecule has 1 aliphatic rings. The van der Waals surface area contributed by atoms with E-state index in [4.69, 9.17) is 5.26 Å². The normalized spacial score (nSPS) is 23.8. The smallest absolute Gasteiger partial charge is 0.237 e. The van der Waals surface area contributed by atoms with Crippen LogP contribution < -0.4 is 5.32 Å². The van der Waals surface area contributed by atoms with Crippen LogP contribution in [0.4, 0.5) is 0 Å². The quantitative estimate of drug-likeness (QED) is 0.776. The lowest BCUT2D eigenvalue weighted by Gasteiger charge is -2.31. The predicted molar refractivity (Wildman–Crippen MR) is 62.6 cm³/mol. The van der Waals surface area contributed by atoms with Gasteiger partial charge in [-0.3, -0.25) is 4.79 Å². The van der Waals surface area contributed by atoms with E-state index in [0.717, 1.165) is 25.9 Å². The topological polar surface area (TPSA) is 56.1 Å². The minimum Gasteiger partial charge on any atom is -0.351 e. The maximum absolute atomic E-state index is 11.8. The van der Waals surface area contributed by atoms with Crippen LogP contribution in [0, 0.1) is 23.2 Å². The van der Waals surface area contributed by atoms with E-state index in [0.29, 0.717) is 0 Å². The van der Waals surface area contributed by atoms with Gasteiger partial charge in [0.25, 0.3) is 0 Å². The molecular formula is C12H21N3O. The lowest BCUT2D eigenvalue weighted by molar-refractivity contribution is -0.125. The van der Waals surface area contributed by atoms with Crippen LogP contribution in [0.15, 0.2) is 0 Å². The Morgan fingerprint density at radius 2 is 2.25 bits per heavy atom. The van der Waals surface area contributed by atoms with Crippen LogP contribution in [0.5, 0.6) is 0 Å². The first-order valence-corrected chi connectivity index (χ1v) is 5.93. The van der Waals surface area contributed by atoms with Gasteiger partial charge in [0.05, 0.1) is 6.07 Å². The van der Waals surface area contributed by atoms with Crippen LogP contribution in [0.2, 0.25) is 0 Å². The van der Waals surface area contributed by atoms with Gasteiger partial charge in [-0.25, -0.2) is 0 Å². The monoisotopic (exact) mass is 223 g/mol. The molecule has 1 rings (SSSR count). The Labute approximate surface area is 97.6 Å². The van der Waals surface area contributed by atoms with Crippen molar-refractivity contribution in [2.45, 2.75) is 32.7 Å². The maximum atomic E-state index is 11.8. The zero-order chi connectivity index (χ0) is 12.1. The van der Waals surface area contributed by atoms with Crippen molar-refractivity contribution in [3.63, 3.8) is 0 Å². The number of rotatable bonds is 3. The summed E-state index contributed by atoms with van der Waals surface area (Å²) in [5.74, 6) is -0.559. The Balaban J connectivity index is 2.47. The van der Waals surface area contributed by atoms with E-state index < -0.39 is 5.92 Å². The molecule has 0 aromatic heterocycles. The second kappa shape index (κ2) is 5.86. The first-order valence-electron chi connectivity index (χ1n) is 5.93. The highest BCUT2D eigenvalue weighted by atomic mass is 16.1. The maximum Gasteiger partial charge on any atom is 0.237 e. The molecule has 90 valence electrons. The van der Waals surface area contributed by atoms with Gasteiger partial charge in [-0.05, 0) is 32.4 Å². The number of nitrogens with one attached hydrogen (secondary N) is 1. The molecule has 0 saturated carbocycles. The molecule has 16 heavy (non-hydrogen) atoms. The van der Waals surface area contributed by atoms with E-state index in [1.165, 1.54) is 0 Å². The third-order valence-electron chi connectivity index (χ3n) is 3.06. The molecule has 1 heterocycles. The Bertz CT molecular complexity index is 282. The second-order valence-corrected chi connectivity index (χ2v) is 4.96. The van der Waals surface area contributed by atoms with Crippen LogP contribution in [0.3, 0.4) is 0 Å². The SMILES string of the molecule is CC(C)C(C#N)C(=O)NC1CCCN(C)C1. The van der Waals surface area contributed by atoms with Crippen molar-refractivity contribution in [3.05, 3.63) is 0 Å². The minimum absolute atomic E-state index is 0.0753. The number of piperidine rings is 1. The molecule has 1 fully saturated rings. The summed E-state index contributed by atoms with van der Waals surface area (Å²) in [6.45, 7) is 5.79. The van der Waals surface area contributed by atoms with Crippen molar-refractivity contribution in [3.8, 4) is 6.07 Å². The van der Waals surface area contributed by atoms with Crippen molar-refractivity contribution >= 4 is 5.91 Å². The van der Waals surface area contributed by atoms with Crippen molar-refractivity contribution in [1.29, 1.82) is 5.26 Å². The van der Waals surface area contributed by atoms with E-state index in [1.54, 1.807) is 0 Å². The summed E-state index contributed by atoms with van der Waals surface area (Å²) >= 11 is 0. The number of nitrogens with zero attached hydrogens (tertiary/aromatic N) is 2. The third-order valence-corrected chi connectivity index (χ3v) is 3.06. The van der Waals surface area contributed by atoms with E-state index in [-0.39, 0.29) is 17.9 Å². The lowest BCUT2D eigenvalue weighted by atomic mass is 9.95. The van der Waals surface area contributed by atoms with Crippen LogP contribution in [0.25, 0.3) is 0 Å². The number of nitriles is 1. The highest BCUT2D eigenvalue weighted by Crippen LogP contribution is 2.12. The Morgan fingerprint density at radius 3 is 2.75 bits per heavy atom. The average Bonchev–Trinajstić information content (AvgIpc) is 2.17. The van der Waals surface area contributed by atoms with Gasteiger partial charge >= 0.3 is 0 Å². The number of carbonyl (C=O) groups is 1. The number of likely N-dealkylation sites (tertiary alicyclic amines) is 1. The lowest BCUT2D eigenvalue weighted by Crippen LogP contribution is -2.48. The van der Waals surface area contributed by atoms with Crippen molar-refractivity contribution in [2.75, 3.05) is 20.1 Å². The number of carbonyl (C=O) groups excluding carboxylic acids is 1. The molecule has 1 saturated heterocycles. The zero-order valence-corrected chi connectivity index (χ0v) is 10.4. The molecule has 4 nitrogen and oxygen atoms in total. The molecule has 0 radical (unpaired) electrons. The Hall–Kier alpha value is -1.08. The minimum atomic E-state index is -0.521. The standard InChI is InChI=1S/C12H21N3O/c1-9(2)11(7-13)12(16)14-10-5-4-6-15(3)8-10/h9-11H,4-6,8H2,1-3H3,(H,14,16). The van der Waals surface area contributed by atoms with Gasteiger partial charge in [0, 0.05) is 12.6 Å². The average molecular weight is 223 g/mol. The molecule has 1 amide bonds. The molecule has 4 heteroatoms. The van der Waals surface area contributed by atoms with E-state index >= 15 is 0 Å². The highest BCUT2D eigenvalue weighted by molar-refractivity contribution is 5.81. The van der Waals surface area contributed by atoms with Crippen LogP contribution >= 0.6 is 0 Å². The van der Waals surface area contributed by atoms with E-state index in [9.17, 15) is 4.79 Å². The van der Waals surface area contributed by atoms with Crippen LogP contribution in [0.1, 0.15) is 26.7 Å². The van der Waals surface area contributed by atoms with Crippen molar-refractivity contribution < 1.29 is 4.79 Å². The summed E-state index contributed by atoms with van der Waals surface area (Å²) < 4.78 is 0. The first-order chi connectivity index (χ1) is 7.54. The zero-order valence-electron chi connectivity index (χ0n) is 10.4. The summed E-state index contributed by atoms with van der Waals surface area (Å²) in [6.07, 6.45) is 2.13. The van der Waals surface area contributed by atoms with Gasteiger partial charge in [-0.1, -0.05) is 13.8 Å². The summed E-state index contributed by atoms with van der Waals surface area (Å²) in [7, 11) is 2.06. The summed E-state index contributed by atoms with van der Waals surface area (Å²) in [5, 5.41) is 11.9. The number of hydrogen-bond acceptors (Lipinski definition) is 3. The summed E-state index contributed by atoms with van der Waals surface area (Å²) in [5.41, 5.74) is 0. The molecule has 0 spiro atoms. The largest absolute Gasteiger partial charge is 0.351 e. The third kappa shape index (κ3) is 3.49. The molecule has 0 aromatic carbocycles. The van der Waals surface area contributed by atoms with E-state index in [2.05, 4.69) is 23.3 Å². The molecule has 2 atom stereocenters. The summed E-state index contributed by atoms with van der Waals surface area (Å²) in [4.78, 5) is 14.1.